The number of rotatable bonds is 4. The van der Waals surface area contributed by atoms with Gasteiger partial charge in [0.25, 0.3) is 5.69 Å². The van der Waals surface area contributed by atoms with Crippen LogP contribution in [0.5, 0.6) is 11.5 Å². The number of para-hydroxylation sites is 2. The molecule has 5 nitrogen and oxygen atoms in total. The van der Waals surface area contributed by atoms with Crippen LogP contribution >= 0.6 is 0 Å². The molecule has 4 rings (SSSR count). The minimum atomic E-state index is -0.966. The van der Waals surface area contributed by atoms with Gasteiger partial charge in [0, 0.05) is 29.9 Å². The highest BCUT2D eigenvalue weighted by atomic mass is 16.6. The summed E-state index contributed by atoms with van der Waals surface area (Å²) in [6, 6.07) is 21.9. The van der Waals surface area contributed by atoms with E-state index in [0.717, 1.165) is 11.1 Å². The number of benzene rings is 3. The number of ether oxygens (including phenoxy) is 2. The number of fused-ring (bicyclic) bond motifs is 2. The van der Waals surface area contributed by atoms with Crippen molar-refractivity contribution in [3.05, 3.63) is 99.6 Å². The Balaban J connectivity index is 2.07. The lowest BCUT2D eigenvalue weighted by atomic mass is 9.77. The van der Waals surface area contributed by atoms with Gasteiger partial charge in [-0.05, 0) is 24.6 Å². The molecule has 3 aromatic rings. The van der Waals surface area contributed by atoms with Gasteiger partial charge in [-0.1, -0.05) is 48.5 Å². The van der Waals surface area contributed by atoms with Crippen LogP contribution in [0, 0.1) is 10.1 Å². The highest BCUT2D eigenvalue weighted by Gasteiger charge is 2.45. The van der Waals surface area contributed by atoms with Crippen molar-refractivity contribution < 1.29 is 14.4 Å². The lowest BCUT2D eigenvalue weighted by molar-refractivity contribution is -0.385. The van der Waals surface area contributed by atoms with Gasteiger partial charge in [-0.3, -0.25) is 10.1 Å². The van der Waals surface area contributed by atoms with E-state index in [0.29, 0.717) is 23.7 Å². The molecule has 0 radical (unpaired) electrons. The molecule has 0 atom stereocenters. The van der Waals surface area contributed by atoms with Crippen molar-refractivity contribution in [2.45, 2.75) is 12.5 Å². The van der Waals surface area contributed by atoms with E-state index in [1.807, 2.05) is 61.5 Å². The van der Waals surface area contributed by atoms with Gasteiger partial charge >= 0.3 is 0 Å². The van der Waals surface area contributed by atoms with E-state index < -0.39 is 5.60 Å². The van der Waals surface area contributed by atoms with Crippen LogP contribution < -0.4 is 4.74 Å². The van der Waals surface area contributed by atoms with Gasteiger partial charge in [0.1, 0.15) is 11.5 Å². The van der Waals surface area contributed by atoms with Gasteiger partial charge in [-0.15, -0.1) is 0 Å². The number of nitro benzene ring substituents is 1. The van der Waals surface area contributed by atoms with Crippen LogP contribution in [0.1, 0.15) is 23.6 Å². The predicted molar refractivity (Wildman–Crippen MR) is 97.6 cm³/mol. The van der Waals surface area contributed by atoms with E-state index in [9.17, 15) is 10.1 Å². The molecule has 0 saturated heterocycles. The molecule has 0 aliphatic carbocycles. The summed E-state index contributed by atoms with van der Waals surface area (Å²) in [7, 11) is 0. The van der Waals surface area contributed by atoms with E-state index in [-0.39, 0.29) is 10.6 Å². The van der Waals surface area contributed by atoms with Crippen molar-refractivity contribution in [2.24, 2.45) is 0 Å². The summed E-state index contributed by atoms with van der Waals surface area (Å²) in [5.41, 5.74) is 1.44. The predicted octanol–water partition coefficient (Wildman–Crippen LogP) is 5.03. The van der Waals surface area contributed by atoms with Gasteiger partial charge in [0.15, 0.2) is 5.60 Å². The molecule has 0 N–H and O–H groups in total. The van der Waals surface area contributed by atoms with Crippen LogP contribution in [0.25, 0.3) is 0 Å². The Bertz CT molecular complexity index is 938. The molecule has 1 aliphatic heterocycles. The largest absolute Gasteiger partial charge is 0.457 e. The monoisotopic (exact) mass is 347 g/mol. The number of nitrogens with zero attached hydrogens (tertiary/aromatic N) is 1. The standard InChI is InChI=1S/C21H17NO4/c1-2-25-21(15-8-7-9-16(14-15)22(23)24)17-10-3-5-12-19(17)26-20-13-6-4-11-18(20)21/h3-14H,2H2,1H3. The topological polar surface area (TPSA) is 61.6 Å². The van der Waals surface area contributed by atoms with Gasteiger partial charge < -0.3 is 9.47 Å². The Hall–Kier alpha value is -3.18. The number of nitro groups is 1. The molecule has 5 heteroatoms. The fraction of sp³-hybridized carbons (Fsp3) is 0.143. The molecule has 1 heterocycles. The number of hydrogen-bond donors (Lipinski definition) is 0. The summed E-state index contributed by atoms with van der Waals surface area (Å²) in [6.45, 7) is 2.35. The first-order valence-electron chi connectivity index (χ1n) is 8.42. The lowest BCUT2D eigenvalue weighted by Crippen LogP contribution is -2.35. The lowest BCUT2D eigenvalue weighted by Gasteiger charge is -2.40. The molecule has 1 aliphatic rings. The van der Waals surface area contributed by atoms with E-state index in [1.165, 1.54) is 6.07 Å². The molecule has 0 amide bonds. The average molecular weight is 347 g/mol. The van der Waals surface area contributed by atoms with Gasteiger partial charge in [-0.25, -0.2) is 0 Å². The van der Waals surface area contributed by atoms with Crippen LogP contribution in [0.3, 0.4) is 0 Å². The maximum Gasteiger partial charge on any atom is 0.269 e. The van der Waals surface area contributed by atoms with Crippen LogP contribution in [0.15, 0.2) is 72.8 Å². The fourth-order valence-corrected chi connectivity index (χ4v) is 3.56. The third kappa shape index (κ3) is 2.36. The third-order valence-corrected chi connectivity index (χ3v) is 4.58. The zero-order valence-electron chi connectivity index (χ0n) is 14.2. The van der Waals surface area contributed by atoms with Crippen molar-refractivity contribution >= 4 is 5.69 Å². The maximum atomic E-state index is 11.3. The molecule has 0 unspecified atom stereocenters. The molecule has 0 bridgehead atoms. The third-order valence-electron chi connectivity index (χ3n) is 4.58. The normalized spacial score (nSPS) is 14.0. The Morgan fingerprint density at radius 2 is 1.58 bits per heavy atom. The van der Waals surface area contributed by atoms with Gasteiger partial charge in [0.05, 0.1) is 4.92 Å². The van der Waals surface area contributed by atoms with E-state index >= 15 is 0 Å². The second kappa shape index (κ2) is 6.28. The Morgan fingerprint density at radius 1 is 0.962 bits per heavy atom. The zero-order chi connectivity index (χ0) is 18.1. The Morgan fingerprint density at radius 3 is 2.15 bits per heavy atom. The summed E-state index contributed by atoms with van der Waals surface area (Å²) < 4.78 is 12.4. The van der Waals surface area contributed by atoms with Gasteiger partial charge in [-0.2, -0.15) is 0 Å². The van der Waals surface area contributed by atoms with Crippen LogP contribution in [-0.4, -0.2) is 11.5 Å². The van der Waals surface area contributed by atoms with E-state index in [2.05, 4.69) is 0 Å². The number of hydrogen-bond acceptors (Lipinski definition) is 4. The molecule has 0 fully saturated rings. The first kappa shape index (κ1) is 16.3. The summed E-state index contributed by atoms with van der Waals surface area (Å²) in [4.78, 5) is 10.9. The van der Waals surface area contributed by atoms with E-state index in [1.54, 1.807) is 12.1 Å². The Kier molecular flexibility index (Phi) is 3.93. The second-order valence-corrected chi connectivity index (χ2v) is 6.02. The summed E-state index contributed by atoms with van der Waals surface area (Å²) >= 11 is 0. The van der Waals surface area contributed by atoms with Crippen molar-refractivity contribution in [1.82, 2.24) is 0 Å². The van der Waals surface area contributed by atoms with Crippen molar-refractivity contribution in [3.63, 3.8) is 0 Å². The molecule has 0 spiro atoms. The molecule has 130 valence electrons. The molecule has 0 aromatic heterocycles. The minimum absolute atomic E-state index is 0.0306. The van der Waals surface area contributed by atoms with Gasteiger partial charge in [0.2, 0.25) is 0 Å². The van der Waals surface area contributed by atoms with Crippen molar-refractivity contribution in [3.8, 4) is 11.5 Å². The van der Waals surface area contributed by atoms with Crippen molar-refractivity contribution in [2.75, 3.05) is 6.61 Å². The highest BCUT2D eigenvalue weighted by Crippen LogP contribution is 2.52. The van der Waals surface area contributed by atoms with E-state index in [4.69, 9.17) is 9.47 Å². The first-order chi connectivity index (χ1) is 12.7. The molecule has 0 saturated carbocycles. The first-order valence-corrected chi connectivity index (χ1v) is 8.42. The van der Waals surface area contributed by atoms with Crippen LogP contribution in [0.2, 0.25) is 0 Å². The highest BCUT2D eigenvalue weighted by molar-refractivity contribution is 5.62. The summed E-state index contributed by atoms with van der Waals surface area (Å²) in [5, 5.41) is 11.3. The SMILES string of the molecule is CCOC1(c2cccc([N+](=O)[O-])c2)c2ccccc2Oc2ccccc21. The van der Waals surface area contributed by atoms with Crippen molar-refractivity contribution in [1.29, 1.82) is 0 Å². The minimum Gasteiger partial charge on any atom is -0.457 e. The fourth-order valence-electron chi connectivity index (χ4n) is 3.56. The van der Waals surface area contributed by atoms with Crippen LogP contribution in [-0.2, 0) is 10.3 Å². The smallest absolute Gasteiger partial charge is 0.269 e. The quantitative estimate of drug-likeness (QED) is 0.490. The molecule has 26 heavy (non-hydrogen) atoms. The molecular formula is C21H17NO4. The summed E-state index contributed by atoms with van der Waals surface area (Å²) in [5.74, 6) is 1.37. The number of non-ortho nitro benzene ring substituents is 1. The summed E-state index contributed by atoms with van der Waals surface area (Å²) in [6.07, 6.45) is 0. The second-order valence-electron chi connectivity index (χ2n) is 6.02. The molecule has 3 aromatic carbocycles. The zero-order valence-corrected chi connectivity index (χ0v) is 14.2. The molecular weight excluding hydrogens is 330 g/mol. The maximum absolute atomic E-state index is 11.3. The Labute approximate surface area is 151 Å². The van der Waals surface area contributed by atoms with Crippen LogP contribution in [0.4, 0.5) is 5.69 Å². The average Bonchev–Trinajstić information content (AvgIpc) is 2.68.